The van der Waals surface area contributed by atoms with Gasteiger partial charge in [0.15, 0.2) is 0 Å². The van der Waals surface area contributed by atoms with Crippen molar-refractivity contribution in [1.29, 1.82) is 0 Å². The van der Waals surface area contributed by atoms with Gasteiger partial charge in [-0.15, -0.1) is 0 Å². The topological polar surface area (TPSA) is 38.5 Å². The van der Waals surface area contributed by atoms with Crippen molar-refractivity contribution in [3.05, 3.63) is 28.2 Å². The first-order chi connectivity index (χ1) is 8.47. The van der Waals surface area contributed by atoms with Crippen molar-refractivity contribution in [2.24, 2.45) is 5.73 Å². The average molecular weight is 315 g/mol. The molecule has 1 aromatic rings. The molecule has 1 atom stereocenters. The number of rotatable bonds is 6. The van der Waals surface area contributed by atoms with Crippen LogP contribution in [0.5, 0.6) is 0 Å². The molecule has 4 heteroatoms. The molecule has 0 unspecified atom stereocenters. The van der Waals surface area contributed by atoms with E-state index in [9.17, 15) is 0 Å². The molecular formula is C14H23BrN2O. The summed E-state index contributed by atoms with van der Waals surface area (Å²) >= 11 is 3.64. The zero-order valence-electron chi connectivity index (χ0n) is 11.6. The molecule has 0 amide bonds. The molecule has 0 aliphatic carbocycles. The second kappa shape index (κ2) is 7.12. The molecule has 0 aliphatic rings. The van der Waals surface area contributed by atoms with E-state index in [0.717, 1.165) is 23.2 Å². The van der Waals surface area contributed by atoms with Gasteiger partial charge in [-0.2, -0.15) is 0 Å². The van der Waals surface area contributed by atoms with Gasteiger partial charge in [0.25, 0.3) is 0 Å². The molecule has 0 saturated carbocycles. The number of hydrogen-bond acceptors (Lipinski definition) is 3. The SMILES string of the molecule is COCCN(c1ccc([C@@H](C)N)cc1Br)C(C)C. The molecule has 0 heterocycles. The van der Waals surface area contributed by atoms with Gasteiger partial charge in [0, 0.05) is 30.2 Å². The quantitative estimate of drug-likeness (QED) is 0.875. The summed E-state index contributed by atoms with van der Waals surface area (Å²) in [7, 11) is 1.73. The second-order valence-corrected chi connectivity index (χ2v) is 5.63. The Morgan fingerprint density at radius 3 is 2.44 bits per heavy atom. The van der Waals surface area contributed by atoms with Gasteiger partial charge in [-0.1, -0.05) is 6.07 Å². The van der Waals surface area contributed by atoms with Crippen LogP contribution >= 0.6 is 15.9 Å². The van der Waals surface area contributed by atoms with E-state index in [1.807, 2.05) is 6.92 Å². The Kier molecular flexibility index (Phi) is 6.12. The van der Waals surface area contributed by atoms with Gasteiger partial charge in [-0.3, -0.25) is 0 Å². The van der Waals surface area contributed by atoms with E-state index in [-0.39, 0.29) is 6.04 Å². The van der Waals surface area contributed by atoms with Gasteiger partial charge in [0.1, 0.15) is 0 Å². The molecule has 0 aromatic heterocycles. The highest BCUT2D eigenvalue weighted by atomic mass is 79.9. The molecule has 1 aromatic carbocycles. The lowest BCUT2D eigenvalue weighted by Crippen LogP contribution is -2.34. The molecule has 3 nitrogen and oxygen atoms in total. The molecule has 0 radical (unpaired) electrons. The number of methoxy groups -OCH3 is 1. The summed E-state index contributed by atoms with van der Waals surface area (Å²) < 4.78 is 6.25. The molecule has 0 aliphatic heterocycles. The maximum absolute atomic E-state index is 5.89. The molecule has 0 saturated heterocycles. The van der Waals surface area contributed by atoms with Crippen LogP contribution in [-0.4, -0.2) is 26.3 Å². The first-order valence-corrected chi connectivity index (χ1v) is 7.07. The number of nitrogens with zero attached hydrogens (tertiary/aromatic N) is 1. The number of ether oxygens (including phenoxy) is 1. The van der Waals surface area contributed by atoms with Crippen LogP contribution in [0.4, 0.5) is 5.69 Å². The zero-order chi connectivity index (χ0) is 13.7. The number of halogens is 1. The second-order valence-electron chi connectivity index (χ2n) is 4.78. The summed E-state index contributed by atoms with van der Waals surface area (Å²) in [6.07, 6.45) is 0. The van der Waals surface area contributed by atoms with Crippen LogP contribution in [-0.2, 0) is 4.74 Å². The maximum atomic E-state index is 5.89. The smallest absolute Gasteiger partial charge is 0.0637 e. The van der Waals surface area contributed by atoms with E-state index in [0.29, 0.717) is 6.04 Å². The van der Waals surface area contributed by atoms with Crippen molar-refractivity contribution < 1.29 is 4.74 Å². The lowest BCUT2D eigenvalue weighted by molar-refractivity contribution is 0.204. The van der Waals surface area contributed by atoms with Crippen molar-refractivity contribution in [3.8, 4) is 0 Å². The van der Waals surface area contributed by atoms with Gasteiger partial charge in [-0.25, -0.2) is 0 Å². The fourth-order valence-corrected chi connectivity index (χ4v) is 2.51. The molecule has 1 rings (SSSR count). The summed E-state index contributed by atoms with van der Waals surface area (Å²) in [6.45, 7) is 7.96. The van der Waals surface area contributed by atoms with E-state index >= 15 is 0 Å². The largest absolute Gasteiger partial charge is 0.383 e. The first-order valence-electron chi connectivity index (χ1n) is 6.28. The van der Waals surface area contributed by atoms with Crippen LogP contribution in [0.1, 0.15) is 32.4 Å². The zero-order valence-corrected chi connectivity index (χ0v) is 13.2. The van der Waals surface area contributed by atoms with Crippen molar-refractivity contribution in [2.45, 2.75) is 32.9 Å². The fraction of sp³-hybridized carbons (Fsp3) is 0.571. The third-order valence-corrected chi connectivity index (χ3v) is 3.60. The Labute approximate surface area is 118 Å². The van der Waals surface area contributed by atoms with Gasteiger partial charge in [0.2, 0.25) is 0 Å². The fourth-order valence-electron chi connectivity index (χ4n) is 1.89. The van der Waals surface area contributed by atoms with E-state index in [1.54, 1.807) is 7.11 Å². The van der Waals surface area contributed by atoms with E-state index in [4.69, 9.17) is 10.5 Å². The van der Waals surface area contributed by atoms with Gasteiger partial charge in [-0.05, 0) is 54.4 Å². The first kappa shape index (κ1) is 15.5. The maximum Gasteiger partial charge on any atom is 0.0637 e. The van der Waals surface area contributed by atoms with Crippen LogP contribution < -0.4 is 10.6 Å². The van der Waals surface area contributed by atoms with Crippen LogP contribution in [0.15, 0.2) is 22.7 Å². The van der Waals surface area contributed by atoms with Crippen LogP contribution in [0.3, 0.4) is 0 Å². The molecule has 18 heavy (non-hydrogen) atoms. The highest BCUT2D eigenvalue weighted by Crippen LogP contribution is 2.30. The minimum Gasteiger partial charge on any atom is -0.383 e. The molecule has 0 fully saturated rings. The Morgan fingerprint density at radius 1 is 1.33 bits per heavy atom. The van der Waals surface area contributed by atoms with Crippen LogP contribution in [0.2, 0.25) is 0 Å². The Bertz CT molecular complexity index is 380. The standard InChI is InChI=1S/C14H23BrN2O/c1-10(2)17(7-8-18-4)14-6-5-12(11(3)16)9-13(14)15/h5-6,9-11H,7-8,16H2,1-4H3/t11-/m1/s1. The minimum absolute atomic E-state index is 0.0572. The molecular weight excluding hydrogens is 292 g/mol. The third-order valence-electron chi connectivity index (χ3n) is 2.97. The van der Waals surface area contributed by atoms with Gasteiger partial charge < -0.3 is 15.4 Å². The number of hydrogen-bond donors (Lipinski definition) is 1. The minimum atomic E-state index is 0.0572. The predicted octanol–water partition coefficient (Wildman–Crippen LogP) is 3.33. The van der Waals surface area contributed by atoms with E-state index < -0.39 is 0 Å². The van der Waals surface area contributed by atoms with Crippen molar-refractivity contribution in [3.63, 3.8) is 0 Å². The monoisotopic (exact) mass is 314 g/mol. The third kappa shape index (κ3) is 3.97. The van der Waals surface area contributed by atoms with Crippen molar-refractivity contribution in [2.75, 3.05) is 25.2 Å². The normalized spacial score (nSPS) is 12.8. The number of nitrogens with two attached hydrogens (primary N) is 1. The molecule has 102 valence electrons. The summed E-state index contributed by atoms with van der Waals surface area (Å²) in [6, 6.07) is 6.80. The van der Waals surface area contributed by atoms with E-state index in [2.05, 4.69) is 52.9 Å². The Hall–Kier alpha value is -0.580. The molecule has 0 bridgehead atoms. The van der Waals surface area contributed by atoms with Crippen LogP contribution in [0.25, 0.3) is 0 Å². The highest BCUT2D eigenvalue weighted by molar-refractivity contribution is 9.10. The summed E-state index contributed by atoms with van der Waals surface area (Å²) in [5, 5.41) is 0. The average Bonchev–Trinajstić information content (AvgIpc) is 2.30. The lowest BCUT2D eigenvalue weighted by atomic mass is 10.1. The summed E-state index contributed by atoms with van der Waals surface area (Å²) in [5.74, 6) is 0. The molecule has 0 spiro atoms. The van der Waals surface area contributed by atoms with Crippen molar-refractivity contribution in [1.82, 2.24) is 0 Å². The summed E-state index contributed by atoms with van der Waals surface area (Å²) in [4.78, 5) is 2.32. The lowest BCUT2D eigenvalue weighted by Gasteiger charge is -2.30. The van der Waals surface area contributed by atoms with E-state index in [1.165, 1.54) is 5.69 Å². The summed E-state index contributed by atoms with van der Waals surface area (Å²) in [5.41, 5.74) is 8.22. The predicted molar refractivity (Wildman–Crippen MR) is 81.1 cm³/mol. The van der Waals surface area contributed by atoms with Crippen molar-refractivity contribution >= 4 is 21.6 Å². The van der Waals surface area contributed by atoms with Gasteiger partial charge in [0.05, 0.1) is 12.3 Å². The van der Waals surface area contributed by atoms with Crippen LogP contribution in [0, 0.1) is 0 Å². The number of anilines is 1. The number of benzene rings is 1. The molecule has 2 N–H and O–H groups in total. The van der Waals surface area contributed by atoms with Gasteiger partial charge >= 0.3 is 0 Å². The Balaban J connectivity index is 2.98. The Morgan fingerprint density at radius 2 is 2.00 bits per heavy atom. The highest BCUT2D eigenvalue weighted by Gasteiger charge is 2.14.